The molecule has 0 fully saturated rings. The zero-order chi connectivity index (χ0) is 19.8. The number of hydrazone groups is 1. The number of nitrogens with zero attached hydrogens (tertiary/aromatic N) is 4. The van der Waals surface area contributed by atoms with Crippen LogP contribution in [0.5, 0.6) is 11.5 Å². The first kappa shape index (κ1) is 17.6. The molecule has 0 radical (unpaired) electrons. The van der Waals surface area contributed by atoms with E-state index in [2.05, 4.69) is 15.1 Å². The van der Waals surface area contributed by atoms with E-state index in [1.54, 1.807) is 12.4 Å². The quantitative estimate of drug-likeness (QED) is 0.681. The molecule has 2 aromatic carbocycles. The molecule has 29 heavy (non-hydrogen) atoms. The number of hydrogen-bond donors (Lipinski definition) is 0. The van der Waals surface area contributed by atoms with Crippen molar-refractivity contribution >= 4 is 22.7 Å². The summed E-state index contributed by atoms with van der Waals surface area (Å²) in [6.45, 7) is 0.173. The van der Waals surface area contributed by atoms with Crippen LogP contribution in [0.2, 0.25) is 0 Å². The largest absolute Gasteiger partial charge is 0.454 e. The van der Waals surface area contributed by atoms with Crippen LogP contribution in [-0.2, 0) is 9.53 Å². The minimum atomic E-state index is -0.246. The molecule has 0 aliphatic carbocycles. The summed E-state index contributed by atoms with van der Waals surface area (Å²) in [7, 11) is 1.50. The second-order valence-corrected chi connectivity index (χ2v) is 6.81. The van der Waals surface area contributed by atoms with Gasteiger partial charge in [0.25, 0.3) is 5.91 Å². The molecule has 8 heteroatoms. The third kappa shape index (κ3) is 3.17. The summed E-state index contributed by atoms with van der Waals surface area (Å²) in [5, 5.41) is 6.13. The highest BCUT2D eigenvalue weighted by Crippen LogP contribution is 2.37. The first-order valence-corrected chi connectivity index (χ1v) is 9.22. The summed E-state index contributed by atoms with van der Waals surface area (Å²) in [5.74, 6) is 1.20. The van der Waals surface area contributed by atoms with Crippen LogP contribution in [0.15, 0.2) is 53.9 Å². The van der Waals surface area contributed by atoms with Gasteiger partial charge in [-0.2, -0.15) is 5.10 Å². The number of carbonyl (C=O) groups is 1. The number of rotatable bonds is 4. The van der Waals surface area contributed by atoms with E-state index in [0.717, 1.165) is 27.9 Å². The highest BCUT2D eigenvalue weighted by molar-refractivity contribution is 6.03. The summed E-state index contributed by atoms with van der Waals surface area (Å²) in [4.78, 5) is 21.4. The van der Waals surface area contributed by atoms with E-state index in [1.165, 1.54) is 12.1 Å². The third-order valence-electron chi connectivity index (χ3n) is 5.02. The monoisotopic (exact) mass is 390 g/mol. The van der Waals surface area contributed by atoms with E-state index in [-0.39, 0.29) is 25.3 Å². The van der Waals surface area contributed by atoms with Crippen molar-refractivity contribution in [1.82, 2.24) is 15.0 Å². The van der Waals surface area contributed by atoms with Crippen LogP contribution in [0.25, 0.3) is 11.0 Å². The Labute approximate surface area is 166 Å². The Balaban J connectivity index is 1.51. The lowest BCUT2D eigenvalue weighted by atomic mass is 9.97. The Kier molecular flexibility index (Phi) is 4.33. The van der Waals surface area contributed by atoms with Crippen molar-refractivity contribution in [2.75, 3.05) is 20.5 Å². The lowest BCUT2D eigenvalue weighted by Gasteiger charge is -2.21. The lowest BCUT2D eigenvalue weighted by molar-refractivity contribution is -0.137. The average Bonchev–Trinajstić information content (AvgIpc) is 3.40. The minimum Gasteiger partial charge on any atom is -0.454 e. The maximum Gasteiger partial charge on any atom is 0.269 e. The Morgan fingerprint density at radius 3 is 2.79 bits per heavy atom. The summed E-state index contributed by atoms with van der Waals surface area (Å²) in [6.07, 6.45) is 3.89. The van der Waals surface area contributed by atoms with Crippen molar-refractivity contribution in [2.45, 2.75) is 12.5 Å². The first-order valence-electron chi connectivity index (χ1n) is 9.22. The Morgan fingerprint density at radius 1 is 1.10 bits per heavy atom. The Bertz CT molecular complexity index is 1130. The average molecular weight is 390 g/mol. The van der Waals surface area contributed by atoms with Gasteiger partial charge in [-0.25, -0.2) is 5.01 Å². The molecule has 0 bridgehead atoms. The Hall–Kier alpha value is -3.52. The van der Waals surface area contributed by atoms with Crippen LogP contribution in [0.1, 0.15) is 23.6 Å². The smallest absolute Gasteiger partial charge is 0.269 e. The van der Waals surface area contributed by atoms with Gasteiger partial charge in [-0.1, -0.05) is 6.07 Å². The van der Waals surface area contributed by atoms with Crippen LogP contribution < -0.4 is 9.47 Å². The predicted octanol–water partition coefficient (Wildman–Crippen LogP) is 2.68. The van der Waals surface area contributed by atoms with Crippen molar-refractivity contribution in [3.8, 4) is 11.5 Å². The molecule has 2 aliphatic rings. The summed E-state index contributed by atoms with van der Waals surface area (Å²) in [6, 6.07) is 11.3. The van der Waals surface area contributed by atoms with Gasteiger partial charge in [0.05, 0.1) is 22.8 Å². The molecule has 0 N–H and O–H groups in total. The van der Waals surface area contributed by atoms with Crippen LogP contribution in [0.4, 0.5) is 0 Å². The molecule has 2 aliphatic heterocycles. The van der Waals surface area contributed by atoms with Gasteiger partial charge < -0.3 is 14.2 Å². The first-order chi connectivity index (χ1) is 14.2. The molecule has 3 heterocycles. The van der Waals surface area contributed by atoms with Gasteiger partial charge >= 0.3 is 0 Å². The van der Waals surface area contributed by atoms with E-state index in [9.17, 15) is 4.79 Å². The van der Waals surface area contributed by atoms with Crippen LogP contribution >= 0.6 is 0 Å². The van der Waals surface area contributed by atoms with Gasteiger partial charge in [0, 0.05) is 31.5 Å². The highest BCUT2D eigenvalue weighted by atomic mass is 16.7. The summed E-state index contributed by atoms with van der Waals surface area (Å²) in [5.41, 5.74) is 4.23. The van der Waals surface area contributed by atoms with Gasteiger partial charge in [0.1, 0.15) is 6.61 Å². The maximum atomic E-state index is 12.7. The van der Waals surface area contributed by atoms with E-state index in [4.69, 9.17) is 14.2 Å². The molecule has 3 aromatic rings. The number of hydrogen-bond acceptors (Lipinski definition) is 7. The van der Waals surface area contributed by atoms with Crippen molar-refractivity contribution in [3.05, 3.63) is 59.9 Å². The van der Waals surface area contributed by atoms with Crippen molar-refractivity contribution in [2.24, 2.45) is 5.10 Å². The predicted molar refractivity (Wildman–Crippen MR) is 105 cm³/mol. The second-order valence-electron chi connectivity index (χ2n) is 6.81. The number of aromatic nitrogens is 2. The molecule has 1 atom stereocenters. The SMILES string of the molecule is COCC(=O)N1N=C(c2ccc3c(c2)OCO3)C[C@H]1c1ccc2nccnc2c1. The van der Waals surface area contributed by atoms with Crippen molar-refractivity contribution in [1.29, 1.82) is 0 Å². The van der Waals surface area contributed by atoms with E-state index in [1.807, 2.05) is 36.4 Å². The second kappa shape index (κ2) is 7.14. The molecule has 1 aromatic heterocycles. The fourth-order valence-corrected chi connectivity index (χ4v) is 3.63. The summed E-state index contributed by atoms with van der Waals surface area (Å²) < 4.78 is 15.9. The number of benzene rings is 2. The molecule has 0 spiro atoms. The van der Waals surface area contributed by atoms with Crippen molar-refractivity contribution < 1.29 is 19.0 Å². The van der Waals surface area contributed by atoms with Crippen molar-refractivity contribution in [3.63, 3.8) is 0 Å². The fraction of sp³-hybridized carbons (Fsp3) is 0.238. The van der Waals surface area contributed by atoms with E-state index >= 15 is 0 Å². The van der Waals surface area contributed by atoms with Crippen LogP contribution in [0.3, 0.4) is 0 Å². The molecular weight excluding hydrogens is 372 g/mol. The van der Waals surface area contributed by atoms with Gasteiger partial charge in [0.2, 0.25) is 6.79 Å². The fourth-order valence-electron chi connectivity index (χ4n) is 3.63. The molecule has 0 saturated heterocycles. The van der Waals surface area contributed by atoms with Gasteiger partial charge in [-0.3, -0.25) is 14.8 Å². The van der Waals surface area contributed by atoms with Crippen LogP contribution in [0, 0.1) is 0 Å². The zero-order valence-electron chi connectivity index (χ0n) is 15.7. The number of carbonyl (C=O) groups excluding carboxylic acids is 1. The minimum absolute atomic E-state index is 0.0399. The van der Waals surface area contributed by atoms with E-state index < -0.39 is 0 Å². The summed E-state index contributed by atoms with van der Waals surface area (Å²) >= 11 is 0. The number of amides is 1. The molecular formula is C21H18N4O4. The normalized spacial score (nSPS) is 17.6. The van der Waals surface area contributed by atoms with E-state index in [0.29, 0.717) is 17.9 Å². The highest BCUT2D eigenvalue weighted by Gasteiger charge is 2.33. The topological polar surface area (TPSA) is 86.1 Å². The zero-order valence-corrected chi connectivity index (χ0v) is 15.7. The van der Waals surface area contributed by atoms with Gasteiger partial charge in [-0.05, 0) is 35.9 Å². The van der Waals surface area contributed by atoms with Gasteiger partial charge in [0.15, 0.2) is 11.5 Å². The molecule has 1 amide bonds. The molecule has 0 saturated carbocycles. The van der Waals surface area contributed by atoms with Gasteiger partial charge in [-0.15, -0.1) is 0 Å². The number of fused-ring (bicyclic) bond motifs is 2. The molecule has 0 unspecified atom stereocenters. The standard InChI is InChI=1S/C21H18N4O4/c1-27-11-21(26)25-18(14-2-4-15-17(8-14)23-7-6-22-15)10-16(24-25)13-3-5-19-20(9-13)29-12-28-19/h2-9,18H,10-12H2,1H3/t18-/m0/s1. The molecule has 146 valence electrons. The lowest BCUT2D eigenvalue weighted by Crippen LogP contribution is -2.30. The van der Waals surface area contributed by atoms with Crippen LogP contribution in [-0.4, -0.2) is 47.1 Å². The maximum absolute atomic E-state index is 12.7. The third-order valence-corrected chi connectivity index (χ3v) is 5.02. The number of ether oxygens (including phenoxy) is 3. The molecule has 8 nitrogen and oxygen atoms in total. The Morgan fingerprint density at radius 2 is 1.93 bits per heavy atom. The molecule has 5 rings (SSSR count). The number of methoxy groups -OCH3 is 1.